The van der Waals surface area contributed by atoms with Gasteiger partial charge in [-0.25, -0.2) is 4.79 Å². The molecule has 176 valence electrons. The SMILES string of the molecule is C[N@@+]1(C(C(N)=O)c2cnccn2)CCCC1COC(=O)C(O)(c1ccccc1)c1ccccc1. The van der Waals surface area contributed by atoms with Crippen LogP contribution in [0.4, 0.5) is 0 Å². The van der Waals surface area contributed by atoms with Crippen LogP contribution < -0.4 is 5.73 Å². The van der Waals surface area contributed by atoms with Gasteiger partial charge >= 0.3 is 5.97 Å². The second kappa shape index (κ2) is 9.70. The van der Waals surface area contributed by atoms with Gasteiger partial charge in [-0.3, -0.25) is 14.8 Å². The van der Waals surface area contributed by atoms with Crippen molar-refractivity contribution in [2.24, 2.45) is 5.73 Å². The Morgan fingerprint density at radius 2 is 1.74 bits per heavy atom. The molecule has 0 bridgehead atoms. The number of carbonyl (C=O) groups excluding carboxylic acids is 2. The van der Waals surface area contributed by atoms with Crippen molar-refractivity contribution >= 4 is 11.9 Å². The lowest BCUT2D eigenvalue weighted by atomic mass is 9.86. The zero-order valence-electron chi connectivity index (χ0n) is 19.1. The molecule has 8 nitrogen and oxygen atoms in total. The number of nitrogens with two attached hydrogens (primary N) is 1. The number of hydrogen-bond acceptors (Lipinski definition) is 6. The van der Waals surface area contributed by atoms with Gasteiger partial charge in [0.2, 0.25) is 11.6 Å². The maximum atomic E-state index is 13.4. The van der Waals surface area contributed by atoms with Crippen LogP contribution in [0.3, 0.4) is 0 Å². The molecule has 0 saturated carbocycles. The van der Waals surface area contributed by atoms with Crippen molar-refractivity contribution in [3.8, 4) is 0 Å². The number of likely N-dealkylation sites (tertiary alicyclic amines) is 1. The molecule has 3 aromatic rings. The molecule has 0 radical (unpaired) electrons. The molecule has 2 unspecified atom stereocenters. The summed E-state index contributed by atoms with van der Waals surface area (Å²) in [5.41, 5.74) is 5.17. The predicted octanol–water partition coefficient (Wildman–Crippen LogP) is 2.09. The van der Waals surface area contributed by atoms with Crippen molar-refractivity contribution < 1.29 is 23.9 Å². The number of carbonyl (C=O) groups is 2. The molecule has 0 spiro atoms. The van der Waals surface area contributed by atoms with Crippen molar-refractivity contribution in [1.82, 2.24) is 9.97 Å². The van der Waals surface area contributed by atoms with Gasteiger partial charge in [-0.2, -0.15) is 0 Å². The summed E-state index contributed by atoms with van der Waals surface area (Å²) in [7, 11) is 1.93. The topological polar surface area (TPSA) is 115 Å². The fourth-order valence-corrected chi connectivity index (χ4v) is 4.97. The summed E-state index contributed by atoms with van der Waals surface area (Å²) in [6, 6.07) is 16.6. The number of nitrogens with zero attached hydrogens (tertiary/aromatic N) is 3. The predicted molar refractivity (Wildman–Crippen MR) is 125 cm³/mol. The number of primary amides is 1. The fourth-order valence-electron chi connectivity index (χ4n) is 4.97. The van der Waals surface area contributed by atoms with Crippen LogP contribution in [0.15, 0.2) is 79.3 Å². The number of aliphatic hydroxyl groups is 1. The monoisotopic (exact) mass is 461 g/mol. The summed E-state index contributed by atoms with van der Waals surface area (Å²) >= 11 is 0. The zero-order valence-corrected chi connectivity index (χ0v) is 19.1. The fraction of sp³-hybridized carbons (Fsp3) is 0.308. The van der Waals surface area contributed by atoms with E-state index in [4.69, 9.17) is 10.5 Å². The number of amides is 1. The Morgan fingerprint density at radius 3 is 2.26 bits per heavy atom. The Balaban J connectivity index is 1.60. The van der Waals surface area contributed by atoms with Gasteiger partial charge in [0.25, 0.3) is 5.91 Å². The average Bonchev–Trinajstić information content (AvgIpc) is 3.24. The third-order valence-corrected chi connectivity index (χ3v) is 6.82. The van der Waals surface area contributed by atoms with Crippen molar-refractivity contribution in [2.75, 3.05) is 20.2 Å². The molecule has 3 atom stereocenters. The number of hydrogen-bond donors (Lipinski definition) is 2. The first kappa shape index (κ1) is 23.5. The quantitative estimate of drug-likeness (QED) is 0.392. The Kier molecular flexibility index (Phi) is 6.72. The molecular weight excluding hydrogens is 432 g/mol. The molecule has 1 amide bonds. The van der Waals surface area contributed by atoms with Gasteiger partial charge in [-0.15, -0.1) is 0 Å². The van der Waals surface area contributed by atoms with Crippen LogP contribution in [0.1, 0.15) is 35.7 Å². The van der Waals surface area contributed by atoms with Crippen molar-refractivity contribution in [3.05, 3.63) is 96.1 Å². The van der Waals surface area contributed by atoms with E-state index in [1.54, 1.807) is 60.9 Å². The first-order valence-corrected chi connectivity index (χ1v) is 11.3. The third kappa shape index (κ3) is 4.30. The molecule has 1 aliphatic heterocycles. The van der Waals surface area contributed by atoms with Gasteiger partial charge in [-0.1, -0.05) is 60.7 Å². The van der Waals surface area contributed by atoms with Crippen molar-refractivity contribution in [2.45, 2.75) is 30.5 Å². The maximum absolute atomic E-state index is 13.4. The summed E-state index contributed by atoms with van der Waals surface area (Å²) in [6.07, 6.45) is 6.19. The van der Waals surface area contributed by atoms with Gasteiger partial charge in [0.05, 0.1) is 19.8 Å². The minimum absolute atomic E-state index is 0.0291. The first-order valence-electron chi connectivity index (χ1n) is 11.3. The molecule has 34 heavy (non-hydrogen) atoms. The summed E-state index contributed by atoms with van der Waals surface area (Å²) in [5.74, 6) is -1.27. The Bertz CT molecular complexity index is 1090. The minimum atomic E-state index is -1.96. The number of aromatic nitrogens is 2. The first-order chi connectivity index (χ1) is 16.4. The molecule has 1 aliphatic rings. The summed E-state index contributed by atoms with van der Waals surface area (Å²) in [4.78, 5) is 34.3. The number of esters is 1. The molecule has 1 fully saturated rings. The lowest BCUT2D eigenvalue weighted by Gasteiger charge is -2.41. The van der Waals surface area contributed by atoms with E-state index in [1.807, 2.05) is 19.2 Å². The van der Waals surface area contributed by atoms with Crippen LogP contribution in [0.5, 0.6) is 0 Å². The van der Waals surface area contributed by atoms with E-state index in [2.05, 4.69) is 9.97 Å². The Labute approximate surface area is 198 Å². The molecule has 1 saturated heterocycles. The van der Waals surface area contributed by atoms with E-state index in [-0.39, 0.29) is 17.1 Å². The van der Waals surface area contributed by atoms with Gasteiger partial charge < -0.3 is 20.1 Å². The summed E-state index contributed by atoms with van der Waals surface area (Å²) in [6.45, 7) is 0.704. The summed E-state index contributed by atoms with van der Waals surface area (Å²) < 4.78 is 6.03. The molecule has 2 aromatic carbocycles. The second-order valence-electron chi connectivity index (χ2n) is 8.84. The van der Waals surface area contributed by atoms with Gasteiger partial charge in [0, 0.05) is 25.2 Å². The van der Waals surface area contributed by atoms with E-state index in [0.29, 0.717) is 23.4 Å². The van der Waals surface area contributed by atoms with E-state index in [0.717, 1.165) is 12.8 Å². The third-order valence-electron chi connectivity index (χ3n) is 6.82. The number of benzene rings is 2. The highest BCUT2D eigenvalue weighted by atomic mass is 16.6. The number of likely N-dealkylation sites (N-methyl/N-ethyl adjacent to an activating group) is 1. The van der Waals surface area contributed by atoms with Crippen molar-refractivity contribution in [1.29, 1.82) is 0 Å². The molecule has 8 heteroatoms. The molecule has 1 aromatic heterocycles. The molecule has 2 heterocycles. The Hall–Kier alpha value is -3.62. The highest BCUT2D eigenvalue weighted by molar-refractivity contribution is 5.85. The highest BCUT2D eigenvalue weighted by Crippen LogP contribution is 2.37. The standard InChI is InChI=1S/C26H28N4O4/c1-30(23(24(27)31)22-17-28-14-15-29-22)16-8-13-21(30)18-34-25(32)26(33,19-9-4-2-5-10-19)20-11-6-3-7-12-20/h2-7,9-12,14-15,17,21,23,33H,8,13,16,18H2,1H3,(H-,27,31)/p+1/t21?,23?,30-/m1/s1. The summed E-state index contributed by atoms with van der Waals surface area (Å²) in [5, 5.41) is 11.6. The molecule has 3 N–H and O–H groups in total. The smallest absolute Gasteiger partial charge is 0.347 e. The van der Waals surface area contributed by atoms with Crippen LogP contribution in [0.2, 0.25) is 0 Å². The van der Waals surface area contributed by atoms with Gasteiger partial charge in [0.15, 0.2) is 0 Å². The average molecular weight is 462 g/mol. The number of rotatable bonds is 8. The lowest BCUT2D eigenvalue weighted by Crippen LogP contribution is -2.57. The molecular formula is C26H29N4O4+. The van der Waals surface area contributed by atoms with E-state index >= 15 is 0 Å². The van der Waals surface area contributed by atoms with Crippen LogP contribution >= 0.6 is 0 Å². The number of ether oxygens (including phenoxy) is 1. The van der Waals surface area contributed by atoms with E-state index < -0.39 is 23.5 Å². The zero-order chi connectivity index (χ0) is 24.2. The molecule has 4 rings (SSSR count). The Morgan fingerprint density at radius 1 is 1.12 bits per heavy atom. The highest BCUT2D eigenvalue weighted by Gasteiger charge is 2.50. The van der Waals surface area contributed by atoms with Crippen LogP contribution in [-0.4, -0.2) is 57.7 Å². The van der Waals surface area contributed by atoms with Crippen LogP contribution in [0, 0.1) is 0 Å². The van der Waals surface area contributed by atoms with Gasteiger partial charge in [0.1, 0.15) is 18.3 Å². The van der Waals surface area contributed by atoms with Gasteiger partial charge in [-0.05, 0) is 11.1 Å². The second-order valence-corrected chi connectivity index (χ2v) is 8.84. The van der Waals surface area contributed by atoms with Crippen molar-refractivity contribution in [3.63, 3.8) is 0 Å². The van der Waals surface area contributed by atoms with E-state index in [1.165, 1.54) is 6.20 Å². The largest absolute Gasteiger partial charge is 0.457 e. The maximum Gasteiger partial charge on any atom is 0.347 e. The lowest BCUT2D eigenvalue weighted by molar-refractivity contribution is -0.941. The van der Waals surface area contributed by atoms with Crippen LogP contribution in [-0.2, 0) is 19.9 Å². The normalized spacial score (nSPS) is 21.1. The number of quaternary nitrogens is 1. The van der Waals surface area contributed by atoms with Crippen LogP contribution in [0.25, 0.3) is 0 Å². The van der Waals surface area contributed by atoms with E-state index in [9.17, 15) is 14.7 Å². The molecule has 0 aliphatic carbocycles. The minimum Gasteiger partial charge on any atom is -0.457 e.